The van der Waals surface area contributed by atoms with E-state index in [4.69, 9.17) is 34.8 Å². The van der Waals surface area contributed by atoms with Crippen LogP contribution < -0.4 is 5.32 Å². The third kappa shape index (κ3) is 4.47. The second-order valence-electron chi connectivity index (χ2n) is 5.32. The van der Waals surface area contributed by atoms with Crippen LogP contribution in [0.2, 0.25) is 15.1 Å². The maximum absolute atomic E-state index is 12.1. The quantitative estimate of drug-likeness (QED) is 0.875. The zero-order valence-electron chi connectivity index (χ0n) is 11.6. The second-order valence-corrected chi connectivity index (χ2v) is 6.57. The van der Waals surface area contributed by atoms with Crippen molar-refractivity contribution in [2.24, 2.45) is 5.92 Å². The fraction of sp³-hybridized carbons (Fsp3) is 0.500. The van der Waals surface area contributed by atoms with Crippen LogP contribution in [0.1, 0.15) is 13.3 Å². The number of benzene rings is 1. The number of nitrogens with zero attached hydrogens (tertiary/aromatic N) is 1. The Hall–Kier alpha value is -0.520. The zero-order valence-corrected chi connectivity index (χ0v) is 13.8. The number of likely N-dealkylation sites (tertiary alicyclic amines) is 1. The van der Waals surface area contributed by atoms with Crippen molar-refractivity contribution in [3.63, 3.8) is 0 Å². The molecule has 2 N–H and O–H groups in total. The molecule has 2 unspecified atom stereocenters. The van der Waals surface area contributed by atoms with Crippen molar-refractivity contribution in [2.45, 2.75) is 19.4 Å². The summed E-state index contributed by atoms with van der Waals surface area (Å²) in [5.74, 6) is 0.0351. The number of aliphatic hydroxyl groups is 1. The lowest BCUT2D eigenvalue weighted by Crippen LogP contribution is -2.32. The molecule has 2 atom stereocenters. The van der Waals surface area contributed by atoms with Crippen LogP contribution in [0, 0.1) is 5.92 Å². The van der Waals surface area contributed by atoms with Crippen LogP contribution in [0.5, 0.6) is 0 Å². The van der Waals surface area contributed by atoms with Crippen molar-refractivity contribution in [2.75, 3.05) is 25.0 Å². The molecule has 21 heavy (non-hydrogen) atoms. The number of amides is 1. The minimum absolute atomic E-state index is 0.188. The number of halogens is 3. The summed E-state index contributed by atoms with van der Waals surface area (Å²) in [6.07, 6.45) is 0.547. The van der Waals surface area contributed by atoms with Crippen LogP contribution in [0.3, 0.4) is 0 Å². The molecule has 2 rings (SSSR count). The van der Waals surface area contributed by atoms with Gasteiger partial charge < -0.3 is 10.4 Å². The summed E-state index contributed by atoms with van der Waals surface area (Å²) in [5, 5.41) is 13.3. The fourth-order valence-corrected chi connectivity index (χ4v) is 3.36. The van der Waals surface area contributed by atoms with Crippen molar-refractivity contribution < 1.29 is 9.90 Å². The first-order valence-electron chi connectivity index (χ1n) is 6.71. The van der Waals surface area contributed by atoms with E-state index in [9.17, 15) is 9.90 Å². The zero-order chi connectivity index (χ0) is 15.6. The monoisotopic (exact) mass is 350 g/mol. The highest BCUT2D eigenvalue weighted by Crippen LogP contribution is 2.33. The van der Waals surface area contributed by atoms with Gasteiger partial charge in [0.25, 0.3) is 0 Å². The van der Waals surface area contributed by atoms with Crippen LogP contribution in [0.15, 0.2) is 12.1 Å². The molecule has 1 aromatic rings. The van der Waals surface area contributed by atoms with Crippen molar-refractivity contribution in [1.82, 2.24) is 4.90 Å². The van der Waals surface area contributed by atoms with E-state index in [1.807, 2.05) is 4.90 Å². The maximum atomic E-state index is 12.1. The summed E-state index contributed by atoms with van der Waals surface area (Å²) in [6, 6.07) is 3.06. The van der Waals surface area contributed by atoms with E-state index in [-0.39, 0.29) is 24.5 Å². The number of rotatable bonds is 4. The first kappa shape index (κ1) is 16.8. The molecule has 1 amide bonds. The highest BCUT2D eigenvalue weighted by molar-refractivity contribution is 6.42. The van der Waals surface area contributed by atoms with Gasteiger partial charge in [-0.1, -0.05) is 34.8 Å². The predicted molar refractivity (Wildman–Crippen MR) is 86.3 cm³/mol. The van der Waals surface area contributed by atoms with Crippen molar-refractivity contribution in [3.05, 3.63) is 27.2 Å². The molecule has 0 radical (unpaired) electrons. The molecule has 0 aromatic heterocycles. The largest absolute Gasteiger partial charge is 0.393 e. The van der Waals surface area contributed by atoms with Gasteiger partial charge in [0.1, 0.15) is 0 Å². The van der Waals surface area contributed by atoms with Crippen LogP contribution in [0.4, 0.5) is 5.69 Å². The Morgan fingerprint density at radius 2 is 2.05 bits per heavy atom. The molecule has 1 aliphatic heterocycles. The smallest absolute Gasteiger partial charge is 0.238 e. The van der Waals surface area contributed by atoms with Gasteiger partial charge in [-0.15, -0.1) is 0 Å². The lowest BCUT2D eigenvalue weighted by molar-refractivity contribution is -0.117. The minimum Gasteiger partial charge on any atom is -0.393 e. The Labute approximate surface area is 139 Å². The fourth-order valence-electron chi connectivity index (χ4n) is 2.44. The van der Waals surface area contributed by atoms with Crippen LogP contribution in [0.25, 0.3) is 0 Å². The first-order valence-corrected chi connectivity index (χ1v) is 7.85. The highest BCUT2D eigenvalue weighted by atomic mass is 35.5. The van der Waals surface area contributed by atoms with Crippen LogP contribution in [-0.4, -0.2) is 41.7 Å². The molecule has 7 heteroatoms. The second kappa shape index (κ2) is 7.16. The molecule has 1 aromatic carbocycles. The van der Waals surface area contributed by atoms with E-state index in [1.54, 1.807) is 6.92 Å². The number of carbonyl (C=O) groups excluding carboxylic acids is 1. The van der Waals surface area contributed by atoms with Gasteiger partial charge >= 0.3 is 0 Å². The topological polar surface area (TPSA) is 52.6 Å². The normalized spacial score (nSPS) is 20.5. The molecular weight excluding hydrogens is 335 g/mol. The Morgan fingerprint density at radius 3 is 2.57 bits per heavy atom. The van der Waals surface area contributed by atoms with Gasteiger partial charge in [-0.05, 0) is 37.9 Å². The van der Waals surface area contributed by atoms with Gasteiger partial charge in [-0.2, -0.15) is 0 Å². The number of hydrogen-bond donors (Lipinski definition) is 2. The van der Waals surface area contributed by atoms with Crippen LogP contribution in [-0.2, 0) is 4.79 Å². The maximum Gasteiger partial charge on any atom is 0.238 e. The summed E-state index contributed by atoms with van der Waals surface area (Å²) in [7, 11) is 0. The minimum atomic E-state index is -0.349. The Morgan fingerprint density at radius 1 is 1.43 bits per heavy atom. The summed E-state index contributed by atoms with van der Waals surface area (Å²) in [5.41, 5.74) is 0.374. The number of hydrogen-bond acceptors (Lipinski definition) is 3. The third-order valence-electron chi connectivity index (χ3n) is 3.63. The van der Waals surface area contributed by atoms with E-state index in [0.29, 0.717) is 27.3 Å². The van der Waals surface area contributed by atoms with E-state index >= 15 is 0 Å². The van der Waals surface area contributed by atoms with E-state index in [1.165, 1.54) is 12.1 Å². The molecular formula is C14H17Cl3N2O2. The van der Waals surface area contributed by atoms with Gasteiger partial charge in [0, 0.05) is 11.6 Å². The van der Waals surface area contributed by atoms with Crippen LogP contribution >= 0.6 is 34.8 Å². The summed E-state index contributed by atoms with van der Waals surface area (Å²) < 4.78 is 0. The summed E-state index contributed by atoms with van der Waals surface area (Å²) >= 11 is 17.9. The van der Waals surface area contributed by atoms with Gasteiger partial charge in [0.05, 0.1) is 28.4 Å². The van der Waals surface area contributed by atoms with E-state index in [0.717, 1.165) is 13.0 Å². The van der Waals surface area contributed by atoms with Gasteiger partial charge in [0.2, 0.25) is 5.91 Å². The predicted octanol–water partition coefficient (Wildman–Crippen LogP) is 3.29. The number of carbonyl (C=O) groups is 1. The van der Waals surface area contributed by atoms with E-state index < -0.39 is 0 Å². The number of nitrogens with one attached hydrogen (secondary N) is 1. The van der Waals surface area contributed by atoms with Crippen molar-refractivity contribution in [1.29, 1.82) is 0 Å². The Balaban J connectivity index is 1.94. The standard InChI is InChI=1S/C14H17Cl3N2O2/c1-8(20)9-2-3-19(6-9)7-13(21)18-14-11(16)4-10(15)5-12(14)17/h4-5,8-9,20H,2-3,6-7H2,1H3,(H,18,21). The number of aliphatic hydroxyl groups excluding tert-OH is 1. The molecule has 1 fully saturated rings. The summed E-state index contributed by atoms with van der Waals surface area (Å²) in [4.78, 5) is 14.1. The highest BCUT2D eigenvalue weighted by Gasteiger charge is 2.27. The molecule has 1 saturated heterocycles. The van der Waals surface area contributed by atoms with Gasteiger partial charge in [-0.25, -0.2) is 0 Å². The van der Waals surface area contributed by atoms with Gasteiger partial charge in [0.15, 0.2) is 0 Å². The molecule has 1 heterocycles. The lowest BCUT2D eigenvalue weighted by Gasteiger charge is -2.17. The molecule has 1 aliphatic rings. The molecule has 0 spiro atoms. The molecule has 116 valence electrons. The Bertz CT molecular complexity index is 514. The molecule has 0 aliphatic carbocycles. The Kier molecular flexibility index (Phi) is 5.74. The molecule has 0 saturated carbocycles. The van der Waals surface area contributed by atoms with Crippen molar-refractivity contribution in [3.8, 4) is 0 Å². The average Bonchev–Trinajstić information content (AvgIpc) is 2.82. The number of anilines is 1. The third-order valence-corrected chi connectivity index (χ3v) is 4.44. The van der Waals surface area contributed by atoms with Crippen molar-refractivity contribution >= 4 is 46.4 Å². The SMILES string of the molecule is CC(O)C1CCN(CC(=O)Nc2c(Cl)cc(Cl)cc2Cl)C1. The lowest BCUT2D eigenvalue weighted by atomic mass is 10.0. The first-order chi connectivity index (χ1) is 9.86. The molecule has 4 nitrogen and oxygen atoms in total. The van der Waals surface area contributed by atoms with E-state index in [2.05, 4.69) is 5.32 Å². The van der Waals surface area contributed by atoms with Gasteiger partial charge in [-0.3, -0.25) is 9.69 Å². The average molecular weight is 352 g/mol. The molecule has 0 bridgehead atoms. The summed E-state index contributed by atoms with van der Waals surface area (Å²) in [6.45, 7) is 3.54.